The van der Waals surface area contributed by atoms with Gasteiger partial charge in [0.2, 0.25) is 0 Å². The Kier molecular flexibility index (Phi) is 3.12. The molecule has 17 heavy (non-hydrogen) atoms. The summed E-state index contributed by atoms with van der Waals surface area (Å²) in [4.78, 5) is 9.74. The van der Waals surface area contributed by atoms with Gasteiger partial charge in [-0.1, -0.05) is 23.2 Å². The highest BCUT2D eigenvalue weighted by atomic mass is 35.5. The summed E-state index contributed by atoms with van der Waals surface area (Å²) in [6.07, 6.45) is 0. The molecule has 9 heteroatoms. The molecule has 0 radical (unpaired) electrons. The van der Waals surface area contributed by atoms with Gasteiger partial charge in [0.25, 0.3) is 0 Å². The summed E-state index contributed by atoms with van der Waals surface area (Å²) in [7, 11) is 0. The Morgan fingerprint density at radius 1 is 1.29 bits per heavy atom. The summed E-state index contributed by atoms with van der Waals surface area (Å²) in [6, 6.07) is 4.35. The third-order valence-corrected chi connectivity index (χ3v) is 2.46. The maximum Gasteiger partial charge on any atom is 0.478 e. The zero-order chi connectivity index (χ0) is 12.4. The molecule has 0 aliphatic heterocycles. The zero-order valence-electron chi connectivity index (χ0n) is 7.96. The van der Waals surface area contributed by atoms with Crippen LogP contribution in [-0.4, -0.2) is 15.2 Å². The number of hydrogen-bond donors (Lipinski definition) is 0. The van der Waals surface area contributed by atoms with Crippen LogP contribution in [0.2, 0.25) is 10.0 Å². The number of nitrogens with zero attached hydrogens (tertiary/aromatic N) is 3. The normalized spacial score (nSPS) is 10.2. The van der Waals surface area contributed by atoms with Gasteiger partial charge in [0.1, 0.15) is 5.75 Å². The van der Waals surface area contributed by atoms with Gasteiger partial charge in [0.15, 0.2) is 5.16 Å². The van der Waals surface area contributed by atoms with Crippen molar-refractivity contribution >= 4 is 29.0 Å². The highest BCUT2D eigenvalue weighted by molar-refractivity contribution is 6.42. The molecular weight excluding hydrogens is 273 g/mol. The largest absolute Gasteiger partial charge is 0.478 e. The van der Waals surface area contributed by atoms with Crippen LogP contribution in [0.3, 0.4) is 0 Å². The van der Waals surface area contributed by atoms with Gasteiger partial charge in [-0.3, -0.25) is 0 Å². The molecule has 0 aliphatic carbocycles. The maximum absolute atomic E-state index is 10.5. The first-order chi connectivity index (χ1) is 8.08. The average molecular weight is 276 g/mol. The van der Waals surface area contributed by atoms with Crippen LogP contribution in [-0.2, 0) is 0 Å². The van der Waals surface area contributed by atoms with Crippen LogP contribution < -0.4 is 4.74 Å². The summed E-state index contributed by atoms with van der Waals surface area (Å²) >= 11 is 11.5. The fourth-order valence-corrected chi connectivity index (χ4v) is 1.29. The van der Waals surface area contributed by atoms with Gasteiger partial charge in [0, 0.05) is 11.2 Å². The Morgan fingerprint density at radius 3 is 2.71 bits per heavy atom. The van der Waals surface area contributed by atoms with E-state index in [1.165, 1.54) is 18.2 Å². The second kappa shape index (κ2) is 4.56. The SMILES string of the molecule is O=[N+]([O-])c1nonc1Oc1ccc(Cl)c(Cl)c1. The molecule has 0 spiro atoms. The Hall–Kier alpha value is -1.86. The molecule has 0 unspecified atom stereocenters. The van der Waals surface area contributed by atoms with E-state index in [-0.39, 0.29) is 16.7 Å². The fourth-order valence-electron chi connectivity index (χ4n) is 1.00. The van der Waals surface area contributed by atoms with E-state index in [0.717, 1.165) is 0 Å². The van der Waals surface area contributed by atoms with Gasteiger partial charge in [-0.25, -0.2) is 0 Å². The molecule has 1 aromatic heterocycles. The first-order valence-electron chi connectivity index (χ1n) is 4.18. The molecule has 2 aromatic rings. The molecule has 2 rings (SSSR count). The molecule has 0 amide bonds. The molecule has 0 N–H and O–H groups in total. The Labute approximate surface area is 104 Å². The van der Waals surface area contributed by atoms with Crippen molar-refractivity contribution in [2.75, 3.05) is 0 Å². The van der Waals surface area contributed by atoms with Crippen molar-refractivity contribution in [1.29, 1.82) is 0 Å². The van der Waals surface area contributed by atoms with Crippen LogP contribution in [0.15, 0.2) is 22.8 Å². The topological polar surface area (TPSA) is 91.3 Å². The molecule has 88 valence electrons. The van der Waals surface area contributed by atoms with Crippen molar-refractivity contribution in [2.24, 2.45) is 0 Å². The lowest BCUT2D eigenvalue weighted by molar-refractivity contribution is -0.391. The van der Waals surface area contributed by atoms with E-state index in [0.29, 0.717) is 5.02 Å². The second-order valence-corrected chi connectivity index (χ2v) is 3.64. The minimum absolute atomic E-state index is 0.234. The second-order valence-electron chi connectivity index (χ2n) is 2.83. The number of hydrogen-bond acceptors (Lipinski definition) is 6. The number of rotatable bonds is 3. The van der Waals surface area contributed by atoms with Gasteiger partial charge < -0.3 is 14.9 Å². The van der Waals surface area contributed by atoms with Gasteiger partial charge in [-0.2, -0.15) is 0 Å². The molecule has 7 nitrogen and oxygen atoms in total. The summed E-state index contributed by atoms with van der Waals surface area (Å²) in [5.74, 6) is -0.734. The summed E-state index contributed by atoms with van der Waals surface area (Å²) < 4.78 is 9.30. The van der Waals surface area contributed by atoms with Crippen LogP contribution in [0, 0.1) is 10.1 Å². The predicted octanol–water partition coefficient (Wildman–Crippen LogP) is 3.08. The van der Waals surface area contributed by atoms with Crippen molar-refractivity contribution in [3.05, 3.63) is 38.4 Å². The van der Waals surface area contributed by atoms with E-state index in [2.05, 4.69) is 14.9 Å². The van der Waals surface area contributed by atoms with Gasteiger partial charge in [-0.05, 0) is 17.1 Å². The molecular formula is C8H3Cl2N3O4. The van der Waals surface area contributed by atoms with Crippen LogP contribution >= 0.6 is 23.2 Å². The molecule has 0 atom stereocenters. The van der Waals surface area contributed by atoms with E-state index in [9.17, 15) is 10.1 Å². The van der Waals surface area contributed by atoms with E-state index in [4.69, 9.17) is 27.9 Å². The number of ether oxygens (including phenoxy) is 1. The molecule has 1 heterocycles. The van der Waals surface area contributed by atoms with E-state index in [1.807, 2.05) is 0 Å². The van der Waals surface area contributed by atoms with Crippen LogP contribution in [0.25, 0.3) is 0 Å². The van der Waals surface area contributed by atoms with Crippen molar-refractivity contribution in [3.8, 4) is 11.6 Å². The third kappa shape index (κ3) is 2.45. The van der Waals surface area contributed by atoms with Crippen molar-refractivity contribution in [1.82, 2.24) is 10.3 Å². The van der Waals surface area contributed by atoms with Crippen molar-refractivity contribution in [3.63, 3.8) is 0 Å². The highest BCUT2D eigenvalue weighted by Crippen LogP contribution is 2.31. The quantitative estimate of drug-likeness (QED) is 0.631. The molecule has 1 aromatic carbocycles. The Balaban J connectivity index is 2.28. The first-order valence-corrected chi connectivity index (χ1v) is 4.93. The maximum atomic E-state index is 10.5. The lowest BCUT2D eigenvalue weighted by atomic mass is 10.3. The van der Waals surface area contributed by atoms with Crippen LogP contribution in [0.4, 0.5) is 5.82 Å². The highest BCUT2D eigenvalue weighted by Gasteiger charge is 2.24. The Morgan fingerprint density at radius 2 is 2.06 bits per heavy atom. The van der Waals surface area contributed by atoms with Crippen LogP contribution in [0.5, 0.6) is 11.6 Å². The van der Waals surface area contributed by atoms with E-state index < -0.39 is 10.7 Å². The molecule has 0 aliphatic rings. The lowest BCUT2D eigenvalue weighted by Crippen LogP contribution is -1.92. The molecule has 0 saturated carbocycles. The van der Waals surface area contributed by atoms with Crippen LogP contribution in [0.1, 0.15) is 0 Å². The average Bonchev–Trinajstić information content (AvgIpc) is 2.72. The standard InChI is InChI=1S/C8H3Cl2N3O4/c9-5-2-1-4(3-6(5)10)16-8-7(13(14)15)11-17-12-8/h1-3H. The van der Waals surface area contributed by atoms with Gasteiger partial charge in [0.05, 0.1) is 10.0 Å². The fraction of sp³-hybridized carbons (Fsp3) is 0. The predicted molar refractivity (Wildman–Crippen MR) is 57.5 cm³/mol. The molecule has 0 bridgehead atoms. The number of aromatic nitrogens is 2. The third-order valence-electron chi connectivity index (χ3n) is 1.72. The summed E-state index contributed by atoms with van der Waals surface area (Å²) in [5.41, 5.74) is 0. The summed E-state index contributed by atoms with van der Waals surface area (Å²) in [6.45, 7) is 0. The molecule has 0 saturated heterocycles. The molecule has 0 fully saturated rings. The minimum atomic E-state index is -0.774. The number of halogens is 2. The lowest BCUT2D eigenvalue weighted by Gasteiger charge is -2.01. The summed E-state index contributed by atoms with van der Waals surface area (Å²) in [5, 5.41) is 17.4. The van der Waals surface area contributed by atoms with E-state index >= 15 is 0 Å². The van der Waals surface area contributed by atoms with Crippen molar-refractivity contribution in [2.45, 2.75) is 0 Å². The zero-order valence-corrected chi connectivity index (χ0v) is 9.47. The van der Waals surface area contributed by atoms with Gasteiger partial charge >= 0.3 is 11.7 Å². The first kappa shape index (κ1) is 11.6. The van der Waals surface area contributed by atoms with E-state index in [1.54, 1.807) is 0 Å². The monoisotopic (exact) mass is 275 g/mol. The van der Waals surface area contributed by atoms with Crippen molar-refractivity contribution < 1.29 is 14.3 Å². The number of benzene rings is 1. The number of nitro groups is 1. The minimum Gasteiger partial charge on any atom is -0.430 e. The smallest absolute Gasteiger partial charge is 0.430 e. The Bertz CT molecular complexity index is 572. The van der Waals surface area contributed by atoms with Gasteiger partial charge in [-0.15, -0.1) is 4.63 Å².